The number of fused-ring (bicyclic) bond motifs is 1. The third-order valence-electron chi connectivity index (χ3n) is 4.19. The van der Waals surface area contributed by atoms with Crippen molar-refractivity contribution in [3.05, 3.63) is 87.1 Å². The van der Waals surface area contributed by atoms with Crippen LogP contribution in [0.1, 0.15) is 16.1 Å². The van der Waals surface area contributed by atoms with E-state index >= 15 is 0 Å². The van der Waals surface area contributed by atoms with E-state index in [1.807, 2.05) is 22.1 Å². The van der Waals surface area contributed by atoms with Gasteiger partial charge < -0.3 is 9.88 Å². The number of rotatable bonds is 4. The molecule has 0 unspecified atom stereocenters. The molecular weight excluding hydrogens is 406 g/mol. The molecule has 0 fully saturated rings. The van der Waals surface area contributed by atoms with Gasteiger partial charge >= 0.3 is 0 Å². The van der Waals surface area contributed by atoms with Gasteiger partial charge in [-0.2, -0.15) is 0 Å². The minimum atomic E-state index is -0.291. The Kier molecular flexibility index (Phi) is 4.91. The first-order valence-electron chi connectivity index (χ1n) is 8.09. The average Bonchev–Trinajstić information content (AvgIpc) is 3.22. The standard InChI is InChI=1S/C20H13Cl2FN2OS/c21-13-3-6-15(22)16(9-13)24-20(26)18-10-19-17(7-8-27-19)25(18)11-12-1-4-14(23)5-2-12/h1-10H,11H2,(H,24,26). The molecule has 0 bridgehead atoms. The van der Waals surface area contributed by atoms with Crippen molar-refractivity contribution in [3.63, 3.8) is 0 Å². The normalized spacial score (nSPS) is 11.1. The second kappa shape index (κ2) is 7.35. The van der Waals surface area contributed by atoms with Crippen molar-refractivity contribution in [2.75, 3.05) is 5.32 Å². The van der Waals surface area contributed by atoms with E-state index < -0.39 is 0 Å². The van der Waals surface area contributed by atoms with Crippen LogP contribution in [0, 0.1) is 5.82 Å². The van der Waals surface area contributed by atoms with E-state index in [2.05, 4.69) is 5.32 Å². The molecule has 7 heteroatoms. The summed E-state index contributed by atoms with van der Waals surface area (Å²) in [5.74, 6) is -0.579. The van der Waals surface area contributed by atoms with E-state index in [1.165, 1.54) is 12.1 Å². The Labute approximate surface area is 169 Å². The number of nitrogens with zero attached hydrogens (tertiary/aromatic N) is 1. The largest absolute Gasteiger partial charge is 0.331 e. The second-order valence-corrected chi connectivity index (χ2v) is 7.78. The Morgan fingerprint density at radius 3 is 2.63 bits per heavy atom. The van der Waals surface area contributed by atoms with Gasteiger partial charge in [0.2, 0.25) is 0 Å². The number of thiophene rings is 1. The highest BCUT2D eigenvalue weighted by Gasteiger charge is 2.18. The fourth-order valence-electron chi connectivity index (χ4n) is 2.89. The van der Waals surface area contributed by atoms with Gasteiger partial charge in [-0.05, 0) is 53.4 Å². The molecule has 1 N–H and O–H groups in total. The highest BCUT2D eigenvalue weighted by molar-refractivity contribution is 7.17. The number of carbonyl (C=O) groups excluding carboxylic acids is 1. The molecule has 0 spiro atoms. The summed E-state index contributed by atoms with van der Waals surface area (Å²) in [6.45, 7) is 0.451. The van der Waals surface area contributed by atoms with Crippen molar-refractivity contribution >= 4 is 56.3 Å². The molecule has 4 rings (SSSR count). The lowest BCUT2D eigenvalue weighted by atomic mass is 10.2. The quantitative estimate of drug-likeness (QED) is 0.405. The Morgan fingerprint density at radius 2 is 1.85 bits per heavy atom. The molecule has 0 aliphatic rings. The van der Waals surface area contributed by atoms with E-state index in [4.69, 9.17) is 23.2 Å². The van der Waals surface area contributed by atoms with Crippen LogP contribution in [0.2, 0.25) is 10.0 Å². The highest BCUT2D eigenvalue weighted by atomic mass is 35.5. The molecule has 1 amide bonds. The van der Waals surface area contributed by atoms with Gasteiger partial charge in [0.05, 0.1) is 20.9 Å². The zero-order valence-electron chi connectivity index (χ0n) is 13.9. The first-order chi connectivity index (χ1) is 13.0. The van der Waals surface area contributed by atoms with Crippen LogP contribution >= 0.6 is 34.5 Å². The SMILES string of the molecule is O=C(Nc1cc(Cl)ccc1Cl)c1cc2sccc2n1Cc1ccc(F)cc1. The summed E-state index contributed by atoms with van der Waals surface area (Å²) in [4.78, 5) is 12.9. The molecule has 0 saturated heterocycles. The monoisotopic (exact) mass is 418 g/mol. The van der Waals surface area contributed by atoms with Crippen LogP contribution in [0.25, 0.3) is 10.2 Å². The fraction of sp³-hybridized carbons (Fsp3) is 0.0500. The van der Waals surface area contributed by atoms with E-state index in [0.717, 1.165) is 15.8 Å². The zero-order chi connectivity index (χ0) is 19.0. The smallest absolute Gasteiger partial charge is 0.272 e. The summed E-state index contributed by atoms with van der Waals surface area (Å²) in [6.07, 6.45) is 0. The number of benzene rings is 2. The van der Waals surface area contributed by atoms with Crippen LogP contribution in [-0.2, 0) is 6.54 Å². The predicted molar refractivity (Wildman–Crippen MR) is 110 cm³/mol. The third kappa shape index (κ3) is 3.72. The number of anilines is 1. The van der Waals surface area contributed by atoms with Crippen LogP contribution in [0.4, 0.5) is 10.1 Å². The first kappa shape index (κ1) is 18.0. The van der Waals surface area contributed by atoms with Gasteiger partial charge in [0.15, 0.2) is 0 Å². The molecule has 3 nitrogen and oxygen atoms in total. The number of nitrogens with one attached hydrogen (secondary N) is 1. The Hall–Kier alpha value is -2.34. The molecule has 0 aliphatic heterocycles. The van der Waals surface area contributed by atoms with Gasteiger partial charge in [-0.15, -0.1) is 11.3 Å². The Balaban J connectivity index is 1.70. The summed E-state index contributed by atoms with van der Waals surface area (Å²) in [5, 5.41) is 5.69. The maximum atomic E-state index is 13.2. The van der Waals surface area contributed by atoms with Gasteiger partial charge in [0, 0.05) is 11.6 Å². The van der Waals surface area contributed by atoms with Crippen LogP contribution in [-0.4, -0.2) is 10.5 Å². The minimum absolute atomic E-state index is 0.287. The molecule has 0 atom stereocenters. The van der Waals surface area contributed by atoms with Crippen LogP contribution in [0.3, 0.4) is 0 Å². The molecule has 0 aliphatic carbocycles. The highest BCUT2D eigenvalue weighted by Crippen LogP contribution is 2.29. The Bertz CT molecular complexity index is 1130. The minimum Gasteiger partial charge on any atom is -0.331 e. The maximum absolute atomic E-state index is 13.2. The number of amides is 1. The lowest BCUT2D eigenvalue weighted by molar-refractivity contribution is 0.101. The molecule has 0 radical (unpaired) electrons. The average molecular weight is 419 g/mol. The van der Waals surface area contributed by atoms with Crippen LogP contribution in [0.15, 0.2) is 60.0 Å². The van der Waals surface area contributed by atoms with Crippen molar-refractivity contribution in [3.8, 4) is 0 Å². The zero-order valence-corrected chi connectivity index (χ0v) is 16.2. The molecule has 2 aromatic heterocycles. The van der Waals surface area contributed by atoms with E-state index in [9.17, 15) is 9.18 Å². The number of aromatic nitrogens is 1. The maximum Gasteiger partial charge on any atom is 0.272 e. The molecule has 4 aromatic rings. The molecular formula is C20H13Cl2FN2OS. The molecule has 136 valence electrons. The van der Waals surface area contributed by atoms with Crippen LogP contribution in [0.5, 0.6) is 0 Å². The van der Waals surface area contributed by atoms with Crippen LogP contribution < -0.4 is 5.32 Å². The van der Waals surface area contributed by atoms with Crippen molar-refractivity contribution in [1.29, 1.82) is 0 Å². The topological polar surface area (TPSA) is 34.0 Å². The van der Waals surface area contributed by atoms with Crippen molar-refractivity contribution < 1.29 is 9.18 Å². The summed E-state index contributed by atoms with van der Waals surface area (Å²) in [6, 6.07) is 15.0. The Morgan fingerprint density at radius 1 is 1.07 bits per heavy atom. The van der Waals surface area contributed by atoms with Crippen molar-refractivity contribution in [2.24, 2.45) is 0 Å². The molecule has 2 heterocycles. The molecule has 0 saturated carbocycles. The summed E-state index contributed by atoms with van der Waals surface area (Å²) in [5.41, 5.74) is 2.80. The number of carbonyl (C=O) groups is 1. The van der Waals surface area contributed by atoms with Crippen molar-refractivity contribution in [1.82, 2.24) is 4.57 Å². The summed E-state index contributed by atoms with van der Waals surface area (Å²) < 4.78 is 16.1. The van der Waals surface area contributed by atoms with Gasteiger partial charge in [-0.1, -0.05) is 35.3 Å². The van der Waals surface area contributed by atoms with Gasteiger partial charge in [0.25, 0.3) is 5.91 Å². The number of halogens is 3. The molecule has 27 heavy (non-hydrogen) atoms. The first-order valence-corrected chi connectivity index (χ1v) is 9.72. The summed E-state index contributed by atoms with van der Waals surface area (Å²) >= 11 is 13.7. The van der Waals surface area contributed by atoms with E-state index in [1.54, 1.807) is 41.7 Å². The summed E-state index contributed by atoms with van der Waals surface area (Å²) in [7, 11) is 0. The van der Waals surface area contributed by atoms with Gasteiger partial charge in [-0.25, -0.2) is 4.39 Å². The number of hydrogen-bond acceptors (Lipinski definition) is 2. The van der Waals surface area contributed by atoms with Gasteiger partial charge in [0.1, 0.15) is 11.5 Å². The van der Waals surface area contributed by atoms with Crippen molar-refractivity contribution in [2.45, 2.75) is 6.54 Å². The fourth-order valence-corrected chi connectivity index (χ4v) is 4.05. The lowest BCUT2D eigenvalue weighted by Gasteiger charge is -2.12. The van der Waals surface area contributed by atoms with Gasteiger partial charge in [-0.3, -0.25) is 4.79 Å². The lowest BCUT2D eigenvalue weighted by Crippen LogP contribution is -2.17. The third-order valence-corrected chi connectivity index (χ3v) is 5.60. The molecule has 2 aromatic carbocycles. The van der Waals surface area contributed by atoms with E-state index in [0.29, 0.717) is 28.0 Å². The second-order valence-electron chi connectivity index (χ2n) is 5.99. The van der Waals surface area contributed by atoms with E-state index in [-0.39, 0.29) is 11.7 Å². The predicted octanol–water partition coefficient (Wildman–Crippen LogP) is 6.45. The number of hydrogen-bond donors (Lipinski definition) is 1.